The lowest BCUT2D eigenvalue weighted by Crippen LogP contribution is -2.52. The molecule has 3 aliphatic rings. The summed E-state index contributed by atoms with van der Waals surface area (Å²) in [5.41, 5.74) is 1.86. The number of nitrogens with zero attached hydrogens (tertiary/aromatic N) is 2. The lowest BCUT2D eigenvalue weighted by molar-refractivity contribution is -0.136. The van der Waals surface area contributed by atoms with Crippen molar-refractivity contribution in [3.63, 3.8) is 0 Å². The number of hydrogen-bond acceptors (Lipinski definition) is 5. The first-order chi connectivity index (χ1) is 15.0. The van der Waals surface area contributed by atoms with Crippen LogP contribution in [0.5, 0.6) is 0 Å². The highest BCUT2D eigenvalue weighted by atomic mass is 32.1. The Morgan fingerprint density at radius 1 is 1.06 bits per heavy atom. The van der Waals surface area contributed by atoms with Gasteiger partial charge in [0.15, 0.2) is 0 Å². The number of imide groups is 1. The van der Waals surface area contributed by atoms with E-state index >= 15 is 0 Å². The maximum absolute atomic E-state index is 13.1. The highest BCUT2D eigenvalue weighted by Crippen LogP contribution is 2.32. The molecule has 8 heteroatoms. The maximum atomic E-state index is 13.1. The molecular weight excluding hydrogens is 414 g/mol. The van der Waals surface area contributed by atoms with E-state index in [1.165, 1.54) is 9.78 Å². The SMILES string of the molecule is O=C1CCC(N2Cc3cc(C(=O)N4CCC(c5cccs5)CC4)ccc3C2=O)C(=O)N1. The average molecular weight is 438 g/mol. The van der Waals surface area contributed by atoms with Gasteiger partial charge in [0.2, 0.25) is 11.8 Å². The Morgan fingerprint density at radius 2 is 1.87 bits per heavy atom. The summed E-state index contributed by atoms with van der Waals surface area (Å²) in [5.74, 6) is -0.452. The first kappa shape index (κ1) is 19.9. The number of benzene rings is 1. The highest BCUT2D eigenvalue weighted by Gasteiger charge is 2.39. The number of nitrogens with one attached hydrogen (secondary N) is 1. The fourth-order valence-electron chi connectivity index (χ4n) is 4.78. The van der Waals surface area contributed by atoms with Gasteiger partial charge in [-0.15, -0.1) is 11.3 Å². The van der Waals surface area contributed by atoms with Gasteiger partial charge in [-0.05, 0) is 60.4 Å². The molecule has 2 aromatic rings. The molecule has 160 valence electrons. The van der Waals surface area contributed by atoms with Crippen molar-refractivity contribution in [3.8, 4) is 0 Å². The molecule has 1 aromatic carbocycles. The van der Waals surface area contributed by atoms with Crippen molar-refractivity contribution in [2.75, 3.05) is 13.1 Å². The highest BCUT2D eigenvalue weighted by molar-refractivity contribution is 7.10. The van der Waals surface area contributed by atoms with E-state index in [2.05, 4.69) is 22.8 Å². The minimum Gasteiger partial charge on any atom is -0.339 e. The number of carbonyl (C=O) groups is 4. The summed E-state index contributed by atoms with van der Waals surface area (Å²) in [6, 6.07) is 8.77. The van der Waals surface area contributed by atoms with Crippen molar-refractivity contribution >= 4 is 35.0 Å². The van der Waals surface area contributed by atoms with Gasteiger partial charge in [0.1, 0.15) is 6.04 Å². The van der Waals surface area contributed by atoms with Gasteiger partial charge in [-0.25, -0.2) is 0 Å². The van der Waals surface area contributed by atoms with Crippen LogP contribution in [-0.2, 0) is 16.1 Å². The molecule has 1 unspecified atom stereocenters. The van der Waals surface area contributed by atoms with Gasteiger partial charge >= 0.3 is 0 Å². The molecule has 0 saturated carbocycles. The molecule has 0 spiro atoms. The molecule has 1 aromatic heterocycles. The number of carbonyl (C=O) groups excluding carboxylic acids is 4. The van der Waals surface area contributed by atoms with Crippen LogP contribution in [0, 0.1) is 0 Å². The van der Waals surface area contributed by atoms with Crippen LogP contribution in [0.25, 0.3) is 0 Å². The zero-order valence-corrected chi connectivity index (χ0v) is 17.8. The predicted molar refractivity (Wildman–Crippen MR) is 115 cm³/mol. The number of likely N-dealkylation sites (tertiary alicyclic amines) is 1. The summed E-state index contributed by atoms with van der Waals surface area (Å²) in [6.07, 6.45) is 2.47. The number of piperidine rings is 2. The van der Waals surface area contributed by atoms with Crippen LogP contribution in [0.2, 0.25) is 0 Å². The molecule has 5 rings (SSSR count). The summed E-state index contributed by atoms with van der Waals surface area (Å²) in [5, 5.41) is 4.40. The van der Waals surface area contributed by atoms with E-state index in [0.29, 0.717) is 23.5 Å². The summed E-state index contributed by atoms with van der Waals surface area (Å²) in [7, 11) is 0. The fourth-order valence-corrected chi connectivity index (χ4v) is 5.68. The van der Waals surface area contributed by atoms with Crippen molar-refractivity contribution < 1.29 is 19.2 Å². The second-order valence-electron chi connectivity index (χ2n) is 8.35. The zero-order chi connectivity index (χ0) is 21.5. The van der Waals surface area contributed by atoms with E-state index in [9.17, 15) is 19.2 Å². The minimum absolute atomic E-state index is 0.0145. The summed E-state index contributed by atoms with van der Waals surface area (Å²) >= 11 is 1.77. The molecule has 4 amide bonds. The standard InChI is InChI=1S/C23H23N3O4S/c27-20-6-5-18(21(28)24-20)26-13-16-12-15(3-4-17(16)23(26)30)22(29)25-9-7-14(8-10-25)19-2-1-11-31-19/h1-4,11-12,14,18H,5-10,13H2,(H,24,27,28). The van der Waals surface area contributed by atoms with Gasteiger partial charge in [0, 0.05) is 42.1 Å². The topological polar surface area (TPSA) is 86.8 Å². The normalized spacial score (nSPS) is 21.9. The molecule has 0 aliphatic carbocycles. The molecule has 7 nitrogen and oxygen atoms in total. The van der Waals surface area contributed by atoms with Crippen molar-refractivity contribution in [2.24, 2.45) is 0 Å². The van der Waals surface area contributed by atoms with Crippen LogP contribution < -0.4 is 5.32 Å². The van der Waals surface area contributed by atoms with Crippen LogP contribution in [0.3, 0.4) is 0 Å². The van der Waals surface area contributed by atoms with Crippen molar-refractivity contribution in [1.82, 2.24) is 15.1 Å². The molecule has 31 heavy (non-hydrogen) atoms. The van der Waals surface area contributed by atoms with Crippen LogP contribution in [-0.4, -0.2) is 52.6 Å². The zero-order valence-electron chi connectivity index (χ0n) is 17.0. The van der Waals surface area contributed by atoms with E-state index in [0.717, 1.165) is 31.5 Å². The Balaban J connectivity index is 1.27. The number of fused-ring (bicyclic) bond motifs is 1. The van der Waals surface area contributed by atoms with Gasteiger partial charge in [-0.3, -0.25) is 24.5 Å². The quantitative estimate of drug-likeness (QED) is 0.748. The number of amides is 4. The van der Waals surface area contributed by atoms with Gasteiger partial charge in [0.25, 0.3) is 11.8 Å². The third-order valence-electron chi connectivity index (χ3n) is 6.50. The van der Waals surface area contributed by atoms with E-state index < -0.39 is 11.9 Å². The Kier molecular flexibility index (Phi) is 5.09. The third-order valence-corrected chi connectivity index (χ3v) is 7.53. The van der Waals surface area contributed by atoms with Gasteiger partial charge in [-0.2, -0.15) is 0 Å². The van der Waals surface area contributed by atoms with E-state index in [1.54, 1.807) is 29.5 Å². The smallest absolute Gasteiger partial charge is 0.255 e. The molecule has 4 heterocycles. The van der Waals surface area contributed by atoms with Crippen LogP contribution in [0.15, 0.2) is 35.7 Å². The summed E-state index contributed by atoms with van der Waals surface area (Å²) in [4.78, 5) is 54.3. The second-order valence-corrected chi connectivity index (χ2v) is 9.33. The first-order valence-corrected chi connectivity index (χ1v) is 11.5. The lowest BCUT2D eigenvalue weighted by Gasteiger charge is -2.31. The van der Waals surface area contributed by atoms with E-state index in [4.69, 9.17) is 0 Å². The molecule has 1 atom stereocenters. The van der Waals surface area contributed by atoms with Gasteiger partial charge in [-0.1, -0.05) is 6.07 Å². The molecule has 1 N–H and O–H groups in total. The monoisotopic (exact) mass is 437 g/mol. The molecular formula is C23H23N3O4S. The summed E-state index contributed by atoms with van der Waals surface area (Å²) < 4.78 is 0. The van der Waals surface area contributed by atoms with Crippen molar-refractivity contribution in [2.45, 2.75) is 44.2 Å². The Labute approximate surface area is 184 Å². The third kappa shape index (κ3) is 3.65. The molecule has 2 saturated heterocycles. The van der Waals surface area contributed by atoms with Crippen molar-refractivity contribution in [3.05, 3.63) is 57.3 Å². The maximum Gasteiger partial charge on any atom is 0.255 e. The average Bonchev–Trinajstić information content (AvgIpc) is 3.42. The van der Waals surface area contributed by atoms with E-state index in [1.807, 2.05) is 4.90 Å². The van der Waals surface area contributed by atoms with Crippen LogP contribution >= 0.6 is 11.3 Å². The molecule has 0 bridgehead atoms. The predicted octanol–water partition coefficient (Wildman–Crippen LogP) is 2.53. The van der Waals surface area contributed by atoms with Crippen LogP contribution in [0.4, 0.5) is 0 Å². The molecule has 2 fully saturated rings. The number of thiophene rings is 1. The molecule has 3 aliphatic heterocycles. The Bertz CT molecular complexity index is 1060. The first-order valence-electron chi connectivity index (χ1n) is 10.6. The Morgan fingerprint density at radius 3 is 2.58 bits per heavy atom. The van der Waals surface area contributed by atoms with Gasteiger partial charge < -0.3 is 9.80 Å². The van der Waals surface area contributed by atoms with Crippen molar-refractivity contribution in [1.29, 1.82) is 0 Å². The van der Waals surface area contributed by atoms with E-state index in [-0.39, 0.29) is 30.7 Å². The number of rotatable bonds is 3. The fraction of sp³-hybridized carbons (Fsp3) is 0.391. The summed E-state index contributed by atoms with van der Waals surface area (Å²) in [6.45, 7) is 1.72. The Hall–Kier alpha value is -3.00. The second kappa shape index (κ2) is 7.92. The van der Waals surface area contributed by atoms with Gasteiger partial charge in [0.05, 0.1) is 0 Å². The molecule has 0 radical (unpaired) electrons. The number of hydrogen-bond donors (Lipinski definition) is 1. The largest absolute Gasteiger partial charge is 0.339 e. The van der Waals surface area contributed by atoms with Crippen LogP contribution in [0.1, 0.15) is 62.8 Å². The minimum atomic E-state index is -0.645. The lowest BCUT2D eigenvalue weighted by atomic mass is 9.94.